The first kappa shape index (κ1) is 20.1. The van der Waals surface area contributed by atoms with Gasteiger partial charge < -0.3 is 9.15 Å². The second kappa shape index (κ2) is 10.1. The highest BCUT2D eigenvalue weighted by Gasteiger charge is 2.16. The summed E-state index contributed by atoms with van der Waals surface area (Å²) in [5.74, 6) is 1.84. The highest BCUT2D eigenvalue weighted by Crippen LogP contribution is 2.32. The van der Waals surface area contributed by atoms with E-state index in [9.17, 15) is 0 Å². The molecule has 0 saturated carbocycles. The zero-order valence-corrected chi connectivity index (χ0v) is 17.2. The summed E-state index contributed by atoms with van der Waals surface area (Å²) in [6, 6.07) is 14.1. The molecule has 2 aromatic carbocycles. The van der Waals surface area contributed by atoms with Gasteiger partial charge in [0.05, 0.1) is 12.2 Å². The Kier molecular flexibility index (Phi) is 7.24. The van der Waals surface area contributed by atoms with Gasteiger partial charge in [-0.1, -0.05) is 68.9 Å². The van der Waals surface area contributed by atoms with Crippen molar-refractivity contribution in [3.8, 4) is 28.7 Å². The molecule has 0 N–H and O–H groups in total. The molecule has 1 heterocycles. The number of hydrogen-bond acceptors (Lipinski definition) is 4. The van der Waals surface area contributed by atoms with Gasteiger partial charge in [-0.2, -0.15) is 0 Å². The number of para-hydroxylation sites is 1. The minimum atomic E-state index is 0.495. The molecular weight excluding hydrogens is 348 g/mol. The Morgan fingerprint density at radius 1 is 0.821 bits per heavy atom. The Bertz CT molecular complexity index is 886. The highest BCUT2D eigenvalue weighted by atomic mass is 16.5. The van der Waals surface area contributed by atoms with Gasteiger partial charge in [0, 0.05) is 5.56 Å². The third kappa shape index (κ3) is 5.22. The molecule has 148 valence electrons. The van der Waals surface area contributed by atoms with Crippen molar-refractivity contribution in [2.45, 2.75) is 59.3 Å². The Morgan fingerprint density at radius 3 is 2.36 bits per heavy atom. The molecule has 3 aromatic rings. The van der Waals surface area contributed by atoms with E-state index >= 15 is 0 Å². The first-order chi connectivity index (χ1) is 13.7. The van der Waals surface area contributed by atoms with Crippen molar-refractivity contribution in [3.05, 3.63) is 53.6 Å². The van der Waals surface area contributed by atoms with E-state index in [1.165, 1.54) is 37.7 Å². The molecule has 0 atom stereocenters. The average molecular weight is 379 g/mol. The van der Waals surface area contributed by atoms with Crippen molar-refractivity contribution in [1.29, 1.82) is 0 Å². The van der Waals surface area contributed by atoms with E-state index in [1.807, 2.05) is 24.3 Å². The van der Waals surface area contributed by atoms with Crippen LogP contribution in [0.1, 0.15) is 56.6 Å². The van der Waals surface area contributed by atoms with Crippen LogP contribution >= 0.6 is 0 Å². The summed E-state index contributed by atoms with van der Waals surface area (Å²) in [6.07, 6.45) is 7.47. The fourth-order valence-corrected chi connectivity index (χ4v) is 3.24. The maximum absolute atomic E-state index is 6.03. The van der Waals surface area contributed by atoms with Gasteiger partial charge in [-0.15, -0.1) is 10.2 Å². The van der Waals surface area contributed by atoms with Crippen molar-refractivity contribution in [1.82, 2.24) is 10.2 Å². The van der Waals surface area contributed by atoms with E-state index in [0.717, 1.165) is 28.9 Å². The molecular formula is C24H30N2O2. The lowest BCUT2D eigenvalue weighted by atomic mass is 10.1. The zero-order chi connectivity index (χ0) is 19.8. The standard InChI is InChI=1S/C24H30N2O2/c1-4-5-6-7-8-11-16-27-22-13-10-9-12-20(22)23-25-26-24(28-23)21-17-18(2)14-15-19(21)3/h9-10,12-15,17H,4-8,11,16H2,1-3H3. The smallest absolute Gasteiger partial charge is 0.251 e. The Morgan fingerprint density at radius 2 is 1.54 bits per heavy atom. The van der Waals surface area contributed by atoms with Gasteiger partial charge in [-0.3, -0.25) is 0 Å². The molecule has 4 heteroatoms. The molecule has 0 aliphatic carbocycles. The number of aromatic nitrogens is 2. The zero-order valence-electron chi connectivity index (χ0n) is 17.2. The summed E-state index contributed by atoms with van der Waals surface area (Å²) in [5.41, 5.74) is 4.11. The largest absolute Gasteiger partial charge is 0.493 e. The third-order valence-corrected chi connectivity index (χ3v) is 4.92. The quantitative estimate of drug-likeness (QED) is 0.366. The van der Waals surface area contributed by atoms with E-state index < -0.39 is 0 Å². The van der Waals surface area contributed by atoms with E-state index in [2.05, 4.69) is 49.2 Å². The predicted molar refractivity (Wildman–Crippen MR) is 114 cm³/mol. The molecule has 0 unspecified atom stereocenters. The van der Waals surface area contributed by atoms with Crippen LogP contribution in [0.5, 0.6) is 5.75 Å². The first-order valence-electron chi connectivity index (χ1n) is 10.3. The molecule has 0 amide bonds. The van der Waals surface area contributed by atoms with Crippen LogP contribution in [-0.2, 0) is 0 Å². The molecule has 0 aliphatic heterocycles. The number of unbranched alkanes of at least 4 members (excludes halogenated alkanes) is 5. The Hall–Kier alpha value is -2.62. The summed E-state index contributed by atoms with van der Waals surface area (Å²) >= 11 is 0. The van der Waals surface area contributed by atoms with Crippen LogP contribution in [-0.4, -0.2) is 16.8 Å². The average Bonchev–Trinajstić information content (AvgIpc) is 3.19. The van der Waals surface area contributed by atoms with Crippen LogP contribution in [0, 0.1) is 13.8 Å². The maximum Gasteiger partial charge on any atom is 0.251 e. The number of ether oxygens (including phenoxy) is 1. The van der Waals surface area contributed by atoms with Crippen LogP contribution in [0.2, 0.25) is 0 Å². The van der Waals surface area contributed by atoms with Crippen molar-refractivity contribution < 1.29 is 9.15 Å². The molecule has 1 aromatic heterocycles. The normalized spacial score (nSPS) is 11.0. The molecule has 0 saturated heterocycles. The predicted octanol–water partition coefficient (Wildman–Crippen LogP) is 6.76. The molecule has 3 rings (SSSR count). The van der Waals surface area contributed by atoms with E-state index in [-0.39, 0.29) is 0 Å². The number of nitrogens with zero attached hydrogens (tertiary/aromatic N) is 2. The van der Waals surface area contributed by atoms with Crippen LogP contribution < -0.4 is 4.74 Å². The SMILES string of the molecule is CCCCCCCCOc1ccccc1-c1nnc(-c2cc(C)ccc2C)o1. The molecule has 4 nitrogen and oxygen atoms in total. The lowest BCUT2D eigenvalue weighted by Crippen LogP contribution is -1.99. The maximum atomic E-state index is 6.03. The van der Waals surface area contributed by atoms with Gasteiger partial charge in [0.15, 0.2) is 0 Å². The summed E-state index contributed by atoms with van der Waals surface area (Å²) < 4.78 is 12.0. The van der Waals surface area contributed by atoms with Gasteiger partial charge in [-0.05, 0) is 44.0 Å². The van der Waals surface area contributed by atoms with Crippen molar-refractivity contribution in [2.75, 3.05) is 6.61 Å². The van der Waals surface area contributed by atoms with Gasteiger partial charge >= 0.3 is 0 Å². The van der Waals surface area contributed by atoms with Gasteiger partial charge in [0.2, 0.25) is 5.89 Å². The molecule has 0 spiro atoms. The second-order valence-corrected chi connectivity index (χ2v) is 7.34. The highest BCUT2D eigenvalue weighted by molar-refractivity contribution is 5.65. The third-order valence-electron chi connectivity index (χ3n) is 4.92. The first-order valence-corrected chi connectivity index (χ1v) is 10.3. The number of aryl methyl sites for hydroxylation is 2. The molecule has 0 radical (unpaired) electrons. The molecule has 0 aliphatic rings. The lowest BCUT2D eigenvalue weighted by Gasteiger charge is -2.09. The summed E-state index contributed by atoms with van der Waals surface area (Å²) in [7, 11) is 0. The van der Waals surface area contributed by atoms with E-state index in [4.69, 9.17) is 9.15 Å². The van der Waals surface area contributed by atoms with Crippen molar-refractivity contribution in [2.24, 2.45) is 0 Å². The summed E-state index contributed by atoms with van der Waals surface area (Å²) in [6.45, 7) is 7.06. The van der Waals surface area contributed by atoms with Gasteiger partial charge in [0.1, 0.15) is 5.75 Å². The van der Waals surface area contributed by atoms with Gasteiger partial charge in [0.25, 0.3) is 5.89 Å². The van der Waals surface area contributed by atoms with Gasteiger partial charge in [-0.25, -0.2) is 0 Å². The monoisotopic (exact) mass is 378 g/mol. The van der Waals surface area contributed by atoms with Crippen LogP contribution in [0.3, 0.4) is 0 Å². The molecule has 0 bridgehead atoms. The fourth-order valence-electron chi connectivity index (χ4n) is 3.24. The Balaban J connectivity index is 1.68. The fraction of sp³-hybridized carbons (Fsp3) is 0.417. The Labute approximate surface area is 168 Å². The minimum Gasteiger partial charge on any atom is -0.493 e. The summed E-state index contributed by atoms with van der Waals surface area (Å²) in [4.78, 5) is 0. The number of hydrogen-bond donors (Lipinski definition) is 0. The minimum absolute atomic E-state index is 0.495. The topological polar surface area (TPSA) is 48.2 Å². The number of benzene rings is 2. The molecule has 28 heavy (non-hydrogen) atoms. The van der Waals surface area contributed by atoms with Crippen LogP contribution in [0.4, 0.5) is 0 Å². The van der Waals surface area contributed by atoms with Crippen LogP contribution in [0.15, 0.2) is 46.9 Å². The van der Waals surface area contributed by atoms with E-state index in [1.54, 1.807) is 0 Å². The van der Waals surface area contributed by atoms with E-state index in [0.29, 0.717) is 18.4 Å². The number of rotatable bonds is 10. The molecule has 0 fully saturated rings. The van der Waals surface area contributed by atoms with Crippen molar-refractivity contribution >= 4 is 0 Å². The lowest BCUT2D eigenvalue weighted by molar-refractivity contribution is 0.305. The van der Waals surface area contributed by atoms with Crippen molar-refractivity contribution in [3.63, 3.8) is 0 Å². The summed E-state index contributed by atoms with van der Waals surface area (Å²) in [5, 5.41) is 8.55. The second-order valence-electron chi connectivity index (χ2n) is 7.34. The van der Waals surface area contributed by atoms with Crippen LogP contribution in [0.25, 0.3) is 22.9 Å².